The smallest absolute Gasteiger partial charge is 0.151 e. The van der Waals surface area contributed by atoms with E-state index in [1.165, 1.54) is 6.20 Å². The molecule has 4 rings (SSSR count). The zero-order valence-electron chi connectivity index (χ0n) is 15.8. The molecule has 0 aliphatic heterocycles. The van der Waals surface area contributed by atoms with E-state index in [0.29, 0.717) is 35.5 Å². The molecule has 0 aromatic carbocycles. The molecule has 2 heterocycles. The van der Waals surface area contributed by atoms with Gasteiger partial charge in [-0.2, -0.15) is 5.26 Å². The van der Waals surface area contributed by atoms with Crippen LogP contribution < -0.4 is 16.4 Å². The van der Waals surface area contributed by atoms with Crippen molar-refractivity contribution in [2.24, 2.45) is 11.1 Å². The van der Waals surface area contributed by atoms with Gasteiger partial charge < -0.3 is 16.4 Å². The lowest BCUT2D eigenvalue weighted by Gasteiger charge is -2.27. The van der Waals surface area contributed by atoms with Crippen LogP contribution in [0, 0.1) is 22.6 Å². The Morgan fingerprint density at radius 2 is 2.00 bits per heavy atom. The minimum Gasteiger partial charge on any atom is -0.368 e. The highest BCUT2D eigenvalue weighted by Crippen LogP contribution is 2.44. The third kappa shape index (κ3) is 4.23. The maximum Gasteiger partial charge on any atom is 0.151 e. The Morgan fingerprint density at radius 1 is 1.21 bits per heavy atom. The predicted octanol–water partition coefficient (Wildman–Crippen LogP) is 3.68. The van der Waals surface area contributed by atoms with E-state index < -0.39 is 5.82 Å². The van der Waals surface area contributed by atoms with Gasteiger partial charge in [0.2, 0.25) is 0 Å². The Labute approximate surface area is 164 Å². The Bertz CT molecular complexity index is 881. The molecule has 0 saturated heterocycles. The zero-order valence-corrected chi connectivity index (χ0v) is 15.8. The minimum atomic E-state index is -0.406. The average Bonchev–Trinajstić information content (AvgIpc) is 3.50. The summed E-state index contributed by atoms with van der Waals surface area (Å²) in [7, 11) is 0. The number of nitrogens with two attached hydrogens (primary N) is 1. The van der Waals surface area contributed by atoms with Crippen molar-refractivity contribution >= 4 is 11.6 Å². The second-order valence-corrected chi connectivity index (χ2v) is 7.96. The third-order valence-corrected chi connectivity index (χ3v) is 5.70. The lowest BCUT2D eigenvalue weighted by atomic mass is 9.92. The van der Waals surface area contributed by atoms with Gasteiger partial charge in [-0.15, -0.1) is 0 Å². The van der Waals surface area contributed by atoms with Crippen LogP contribution in [-0.4, -0.2) is 28.6 Å². The van der Waals surface area contributed by atoms with E-state index in [1.807, 2.05) is 12.1 Å². The molecule has 2 fully saturated rings. The van der Waals surface area contributed by atoms with Gasteiger partial charge in [-0.3, -0.25) is 0 Å². The molecular weight excluding hydrogens is 355 g/mol. The lowest BCUT2D eigenvalue weighted by molar-refractivity contribution is 0.410. The van der Waals surface area contributed by atoms with Crippen molar-refractivity contribution in [3.05, 3.63) is 36.3 Å². The van der Waals surface area contributed by atoms with Gasteiger partial charge in [0.05, 0.1) is 23.4 Å². The molecule has 2 aliphatic rings. The van der Waals surface area contributed by atoms with Gasteiger partial charge in [0.15, 0.2) is 5.82 Å². The van der Waals surface area contributed by atoms with Crippen molar-refractivity contribution in [2.75, 3.05) is 17.2 Å². The van der Waals surface area contributed by atoms with E-state index in [-0.39, 0.29) is 11.5 Å². The SMILES string of the molecule is N#CC1(CNc2cccc(-c3cc(N[C@H]4CC[C@H](N)CC4)ncc3F)n2)CC1. The van der Waals surface area contributed by atoms with E-state index in [9.17, 15) is 9.65 Å². The molecule has 0 atom stereocenters. The van der Waals surface area contributed by atoms with Gasteiger partial charge in [-0.25, -0.2) is 14.4 Å². The molecule has 2 aromatic heterocycles. The third-order valence-electron chi connectivity index (χ3n) is 5.70. The quantitative estimate of drug-likeness (QED) is 0.707. The molecule has 0 spiro atoms. The number of hydrogen-bond acceptors (Lipinski definition) is 6. The standard InChI is InChI=1S/C21H25FN6/c22-17-11-25-20(27-15-6-4-14(24)5-7-15)10-16(17)18-2-1-3-19(28-18)26-13-21(12-23)8-9-21/h1-3,10-11,14-15H,4-9,13,24H2,(H,25,27)(H,26,28)/t14-,15-. The monoisotopic (exact) mass is 380 g/mol. The van der Waals surface area contributed by atoms with Crippen LogP contribution in [0.25, 0.3) is 11.3 Å². The first-order valence-electron chi connectivity index (χ1n) is 9.87. The summed E-state index contributed by atoms with van der Waals surface area (Å²) in [6, 6.07) is 10.1. The molecule has 4 N–H and O–H groups in total. The largest absolute Gasteiger partial charge is 0.368 e. The highest BCUT2D eigenvalue weighted by Gasteiger charge is 2.42. The summed E-state index contributed by atoms with van der Waals surface area (Å²) in [4.78, 5) is 8.73. The molecule has 2 aliphatic carbocycles. The van der Waals surface area contributed by atoms with Gasteiger partial charge in [0, 0.05) is 24.2 Å². The second kappa shape index (κ2) is 7.72. The Balaban J connectivity index is 1.49. The summed E-state index contributed by atoms with van der Waals surface area (Å²) in [6.07, 6.45) is 7.04. The van der Waals surface area contributed by atoms with E-state index >= 15 is 0 Å². The number of nitrogens with one attached hydrogen (secondary N) is 2. The summed E-state index contributed by atoms with van der Waals surface area (Å²) in [5.74, 6) is 0.890. The van der Waals surface area contributed by atoms with E-state index in [4.69, 9.17) is 5.73 Å². The molecule has 2 saturated carbocycles. The Hall–Kier alpha value is -2.72. The number of hydrogen-bond donors (Lipinski definition) is 3. The van der Waals surface area contributed by atoms with Gasteiger partial charge >= 0.3 is 0 Å². The zero-order chi connectivity index (χ0) is 19.6. The second-order valence-electron chi connectivity index (χ2n) is 7.96. The molecule has 0 bridgehead atoms. The van der Waals surface area contributed by atoms with Crippen molar-refractivity contribution in [2.45, 2.75) is 50.6 Å². The number of pyridine rings is 2. The number of anilines is 2. The number of aromatic nitrogens is 2. The molecule has 0 radical (unpaired) electrons. The first-order chi connectivity index (χ1) is 13.6. The van der Waals surface area contributed by atoms with Gasteiger partial charge in [0.1, 0.15) is 11.6 Å². The van der Waals surface area contributed by atoms with Crippen molar-refractivity contribution in [1.29, 1.82) is 5.26 Å². The summed E-state index contributed by atoms with van der Waals surface area (Å²) in [5.41, 5.74) is 6.65. The predicted molar refractivity (Wildman–Crippen MR) is 107 cm³/mol. The maximum absolute atomic E-state index is 14.4. The fraction of sp³-hybridized carbons (Fsp3) is 0.476. The van der Waals surface area contributed by atoms with Crippen LogP contribution in [0.1, 0.15) is 38.5 Å². The molecule has 7 heteroatoms. The van der Waals surface area contributed by atoms with Gasteiger partial charge in [-0.05, 0) is 56.7 Å². The molecule has 0 amide bonds. The number of halogens is 1. The van der Waals surface area contributed by atoms with Gasteiger partial charge in [-0.1, -0.05) is 6.07 Å². The van der Waals surface area contributed by atoms with Crippen LogP contribution in [0.4, 0.5) is 16.0 Å². The minimum absolute atomic E-state index is 0.265. The molecule has 146 valence electrons. The lowest BCUT2D eigenvalue weighted by Crippen LogP contribution is -2.33. The van der Waals surface area contributed by atoms with Gasteiger partial charge in [0.25, 0.3) is 0 Å². The van der Waals surface area contributed by atoms with Crippen LogP contribution in [0.5, 0.6) is 0 Å². The highest BCUT2D eigenvalue weighted by molar-refractivity contribution is 5.65. The summed E-state index contributed by atoms with van der Waals surface area (Å²) in [6.45, 7) is 0.565. The summed E-state index contributed by atoms with van der Waals surface area (Å²) < 4.78 is 14.4. The summed E-state index contributed by atoms with van der Waals surface area (Å²) >= 11 is 0. The van der Waals surface area contributed by atoms with Crippen LogP contribution in [0.15, 0.2) is 30.5 Å². The molecule has 28 heavy (non-hydrogen) atoms. The van der Waals surface area contributed by atoms with E-state index in [0.717, 1.165) is 38.5 Å². The van der Waals surface area contributed by atoms with Crippen molar-refractivity contribution in [3.8, 4) is 17.3 Å². The summed E-state index contributed by atoms with van der Waals surface area (Å²) in [5, 5.41) is 15.8. The van der Waals surface area contributed by atoms with Crippen LogP contribution in [0.3, 0.4) is 0 Å². The van der Waals surface area contributed by atoms with E-state index in [2.05, 4.69) is 26.7 Å². The first-order valence-corrected chi connectivity index (χ1v) is 9.87. The number of nitriles is 1. The Kier molecular flexibility index (Phi) is 5.14. The van der Waals surface area contributed by atoms with Crippen LogP contribution in [-0.2, 0) is 0 Å². The normalized spacial score (nSPS) is 22.9. The van der Waals surface area contributed by atoms with Crippen molar-refractivity contribution in [1.82, 2.24) is 9.97 Å². The fourth-order valence-electron chi connectivity index (χ4n) is 3.61. The average molecular weight is 380 g/mol. The molecular formula is C21H25FN6. The topological polar surface area (TPSA) is 99.7 Å². The molecule has 0 unspecified atom stereocenters. The van der Waals surface area contributed by atoms with E-state index in [1.54, 1.807) is 12.1 Å². The molecule has 6 nitrogen and oxygen atoms in total. The molecule has 2 aromatic rings. The number of rotatable bonds is 6. The number of nitrogens with zero attached hydrogens (tertiary/aromatic N) is 3. The fourth-order valence-corrected chi connectivity index (χ4v) is 3.61. The van der Waals surface area contributed by atoms with Crippen molar-refractivity contribution in [3.63, 3.8) is 0 Å². The highest BCUT2D eigenvalue weighted by atomic mass is 19.1. The van der Waals surface area contributed by atoms with Crippen molar-refractivity contribution < 1.29 is 4.39 Å². The first kappa shape index (κ1) is 18.6. The van der Waals surface area contributed by atoms with Crippen LogP contribution >= 0.6 is 0 Å². The maximum atomic E-state index is 14.4. The Morgan fingerprint density at radius 3 is 2.71 bits per heavy atom. The van der Waals surface area contributed by atoms with Crippen LogP contribution in [0.2, 0.25) is 0 Å².